The van der Waals surface area contributed by atoms with E-state index in [1.807, 2.05) is 18.2 Å². The summed E-state index contributed by atoms with van der Waals surface area (Å²) in [5.74, 6) is 1.09. The molecule has 7 nitrogen and oxygen atoms in total. The summed E-state index contributed by atoms with van der Waals surface area (Å²) in [4.78, 5) is 26.3. The van der Waals surface area contributed by atoms with Crippen molar-refractivity contribution >= 4 is 11.8 Å². The van der Waals surface area contributed by atoms with Crippen LogP contribution in [0.15, 0.2) is 18.2 Å². The molecular formula is C18H22N2O5. The molecule has 0 radical (unpaired) electrons. The number of hydrogen-bond acceptors (Lipinski definition) is 5. The second kappa shape index (κ2) is 6.92. The number of nitrogens with one attached hydrogen (secondary N) is 1. The van der Waals surface area contributed by atoms with Gasteiger partial charge in [-0.15, -0.1) is 0 Å². The number of hydrogen-bond donors (Lipinski definition) is 1. The van der Waals surface area contributed by atoms with Gasteiger partial charge in [0.05, 0.1) is 12.0 Å². The quantitative estimate of drug-likeness (QED) is 0.863. The van der Waals surface area contributed by atoms with Crippen molar-refractivity contribution in [2.75, 3.05) is 26.5 Å². The first-order chi connectivity index (χ1) is 12.2. The zero-order valence-corrected chi connectivity index (χ0v) is 14.0. The minimum atomic E-state index is -0.289. The molecule has 0 bridgehead atoms. The van der Waals surface area contributed by atoms with E-state index in [9.17, 15) is 9.59 Å². The van der Waals surface area contributed by atoms with Crippen molar-refractivity contribution in [3.8, 4) is 11.5 Å². The number of nitrogens with zero attached hydrogens (tertiary/aromatic N) is 1. The number of fused-ring (bicyclic) bond motifs is 1. The standard InChI is InChI=1S/C18H22N2O5/c21-17-7-13(18(22)19-8-14-2-1-5-23-14)10-20(17)9-12-3-4-15-16(6-12)25-11-24-15/h3-4,6,13-14H,1-2,5,7-11H2,(H,19,22). The van der Waals surface area contributed by atoms with Gasteiger partial charge in [0, 0.05) is 32.7 Å². The molecule has 3 aliphatic heterocycles. The molecule has 3 heterocycles. The molecule has 2 unspecified atom stereocenters. The van der Waals surface area contributed by atoms with Gasteiger partial charge in [0.15, 0.2) is 11.5 Å². The van der Waals surface area contributed by atoms with Crippen molar-refractivity contribution in [3.05, 3.63) is 23.8 Å². The minimum absolute atomic E-state index is 0.00920. The Kier molecular flexibility index (Phi) is 4.48. The Bertz CT molecular complexity index is 671. The molecule has 3 aliphatic rings. The molecule has 134 valence electrons. The molecule has 2 saturated heterocycles. The highest BCUT2D eigenvalue weighted by molar-refractivity contribution is 5.89. The summed E-state index contributed by atoms with van der Waals surface area (Å²) in [7, 11) is 0. The molecule has 0 aromatic heterocycles. The maximum atomic E-state index is 12.3. The topological polar surface area (TPSA) is 77.1 Å². The van der Waals surface area contributed by atoms with Crippen LogP contribution in [0.25, 0.3) is 0 Å². The normalized spacial score (nSPS) is 24.8. The molecule has 25 heavy (non-hydrogen) atoms. The fourth-order valence-corrected chi connectivity index (χ4v) is 3.52. The van der Waals surface area contributed by atoms with Gasteiger partial charge in [0.2, 0.25) is 18.6 Å². The van der Waals surface area contributed by atoms with Gasteiger partial charge >= 0.3 is 0 Å². The van der Waals surface area contributed by atoms with Crippen LogP contribution < -0.4 is 14.8 Å². The SMILES string of the molecule is O=C(NCC1CCCO1)C1CC(=O)N(Cc2ccc3c(c2)OCO3)C1. The molecule has 1 aromatic rings. The average Bonchev–Trinajstić information content (AvgIpc) is 3.34. The van der Waals surface area contributed by atoms with Gasteiger partial charge in [-0.25, -0.2) is 0 Å². The highest BCUT2D eigenvalue weighted by Gasteiger charge is 2.34. The molecule has 1 aromatic carbocycles. The number of rotatable bonds is 5. The molecule has 2 fully saturated rings. The lowest BCUT2D eigenvalue weighted by Gasteiger charge is -2.17. The van der Waals surface area contributed by atoms with Crippen molar-refractivity contribution in [1.82, 2.24) is 10.2 Å². The highest BCUT2D eigenvalue weighted by atomic mass is 16.7. The third-order valence-corrected chi connectivity index (χ3v) is 4.92. The average molecular weight is 346 g/mol. The zero-order valence-electron chi connectivity index (χ0n) is 14.0. The Morgan fingerprint density at radius 1 is 1.28 bits per heavy atom. The van der Waals surface area contributed by atoms with E-state index in [4.69, 9.17) is 14.2 Å². The molecule has 2 amide bonds. The van der Waals surface area contributed by atoms with Crippen LogP contribution in [0.4, 0.5) is 0 Å². The summed E-state index contributed by atoms with van der Waals surface area (Å²) in [6.45, 7) is 2.46. The summed E-state index contributed by atoms with van der Waals surface area (Å²) < 4.78 is 16.2. The van der Waals surface area contributed by atoms with Crippen LogP contribution >= 0.6 is 0 Å². The number of likely N-dealkylation sites (tertiary alicyclic amines) is 1. The van der Waals surface area contributed by atoms with E-state index in [0.717, 1.165) is 30.8 Å². The monoisotopic (exact) mass is 346 g/mol. The molecule has 0 saturated carbocycles. The van der Waals surface area contributed by atoms with Gasteiger partial charge in [-0.05, 0) is 30.5 Å². The summed E-state index contributed by atoms with van der Waals surface area (Å²) >= 11 is 0. The van der Waals surface area contributed by atoms with Crippen LogP contribution in [0.1, 0.15) is 24.8 Å². The van der Waals surface area contributed by atoms with Gasteiger partial charge in [0.25, 0.3) is 0 Å². The number of carbonyl (C=O) groups is 2. The van der Waals surface area contributed by atoms with Crippen LogP contribution in [-0.2, 0) is 20.9 Å². The molecule has 0 aliphatic carbocycles. The summed E-state index contributed by atoms with van der Waals surface area (Å²) in [5.41, 5.74) is 0.970. The number of benzene rings is 1. The van der Waals surface area contributed by atoms with E-state index in [1.54, 1.807) is 4.90 Å². The van der Waals surface area contributed by atoms with Crippen molar-refractivity contribution < 1.29 is 23.8 Å². The van der Waals surface area contributed by atoms with Crippen LogP contribution in [0.3, 0.4) is 0 Å². The van der Waals surface area contributed by atoms with Gasteiger partial charge in [-0.1, -0.05) is 6.07 Å². The van der Waals surface area contributed by atoms with E-state index in [-0.39, 0.29) is 37.0 Å². The Labute approximate surface area is 146 Å². The first-order valence-electron chi connectivity index (χ1n) is 8.74. The Morgan fingerprint density at radius 3 is 3.00 bits per heavy atom. The second-order valence-corrected chi connectivity index (χ2v) is 6.74. The van der Waals surface area contributed by atoms with Crippen LogP contribution in [0, 0.1) is 5.92 Å². The summed E-state index contributed by atoms with van der Waals surface area (Å²) in [5, 5.41) is 2.93. The number of amides is 2. The third kappa shape index (κ3) is 3.56. The van der Waals surface area contributed by atoms with E-state index in [2.05, 4.69) is 5.32 Å². The Morgan fingerprint density at radius 2 is 2.16 bits per heavy atom. The maximum Gasteiger partial charge on any atom is 0.231 e. The summed E-state index contributed by atoms with van der Waals surface area (Å²) in [6.07, 6.45) is 2.42. The highest BCUT2D eigenvalue weighted by Crippen LogP contribution is 2.33. The van der Waals surface area contributed by atoms with Crippen molar-refractivity contribution in [1.29, 1.82) is 0 Å². The lowest BCUT2D eigenvalue weighted by Crippen LogP contribution is -2.37. The van der Waals surface area contributed by atoms with Crippen LogP contribution in [0.2, 0.25) is 0 Å². The first-order valence-corrected chi connectivity index (χ1v) is 8.74. The van der Waals surface area contributed by atoms with Gasteiger partial charge < -0.3 is 24.4 Å². The lowest BCUT2D eigenvalue weighted by molar-refractivity contribution is -0.129. The van der Waals surface area contributed by atoms with Crippen molar-refractivity contribution in [3.63, 3.8) is 0 Å². The van der Waals surface area contributed by atoms with E-state index >= 15 is 0 Å². The Balaban J connectivity index is 1.31. The van der Waals surface area contributed by atoms with Gasteiger partial charge in [0.1, 0.15) is 0 Å². The third-order valence-electron chi connectivity index (χ3n) is 4.92. The molecule has 2 atom stereocenters. The lowest BCUT2D eigenvalue weighted by atomic mass is 10.1. The summed E-state index contributed by atoms with van der Waals surface area (Å²) in [6, 6.07) is 5.66. The van der Waals surface area contributed by atoms with Crippen LogP contribution in [-0.4, -0.2) is 49.3 Å². The second-order valence-electron chi connectivity index (χ2n) is 6.74. The predicted molar refractivity (Wildman–Crippen MR) is 88.1 cm³/mol. The first kappa shape index (κ1) is 16.2. The fraction of sp³-hybridized carbons (Fsp3) is 0.556. The van der Waals surface area contributed by atoms with E-state index < -0.39 is 0 Å². The van der Waals surface area contributed by atoms with E-state index in [1.165, 1.54) is 0 Å². The molecule has 4 rings (SSSR count). The van der Waals surface area contributed by atoms with Crippen LogP contribution in [0.5, 0.6) is 11.5 Å². The molecule has 1 N–H and O–H groups in total. The molecular weight excluding hydrogens is 324 g/mol. The largest absolute Gasteiger partial charge is 0.454 e. The predicted octanol–water partition coefficient (Wildman–Crippen LogP) is 1.06. The Hall–Kier alpha value is -2.28. The number of ether oxygens (including phenoxy) is 3. The van der Waals surface area contributed by atoms with Crippen molar-refractivity contribution in [2.45, 2.75) is 31.9 Å². The van der Waals surface area contributed by atoms with Gasteiger partial charge in [-0.3, -0.25) is 9.59 Å². The molecule has 7 heteroatoms. The number of carbonyl (C=O) groups excluding carboxylic acids is 2. The zero-order chi connectivity index (χ0) is 17.2. The minimum Gasteiger partial charge on any atom is -0.454 e. The molecule has 0 spiro atoms. The van der Waals surface area contributed by atoms with E-state index in [0.29, 0.717) is 25.4 Å². The van der Waals surface area contributed by atoms with Crippen molar-refractivity contribution in [2.24, 2.45) is 5.92 Å². The fourth-order valence-electron chi connectivity index (χ4n) is 3.52. The maximum absolute atomic E-state index is 12.3. The van der Waals surface area contributed by atoms with Gasteiger partial charge in [-0.2, -0.15) is 0 Å². The smallest absolute Gasteiger partial charge is 0.231 e.